The molecule has 7 nitrogen and oxygen atoms in total. The maximum Gasteiger partial charge on any atom is 0.317 e. The summed E-state index contributed by atoms with van der Waals surface area (Å²) in [5.41, 5.74) is -0.00546. The number of methoxy groups -OCH3 is 2. The highest BCUT2D eigenvalue weighted by atomic mass is 32.2. The predicted molar refractivity (Wildman–Crippen MR) is 73.3 cm³/mol. The van der Waals surface area contributed by atoms with Gasteiger partial charge in [0.05, 0.1) is 30.3 Å². The molecule has 0 aromatic carbocycles. The summed E-state index contributed by atoms with van der Waals surface area (Å²) in [5.74, 6) is -0.0870. The number of amides is 2. The summed E-state index contributed by atoms with van der Waals surface area (Å²) < 4.78 is 33.4. The second-order valence-electron chi connectivity index (χ2n) is 6.01. The molecule has 0 bridgehead atoms. The summed E-state index contributed by atoms with van der Waals surface area (Å²) in [6, 6.07) is -0.700. The standard InChI is InChI=1S/C12H22N2O5S/c1-12(8-18-2)6-14(7-12)11(15)13-9-4-20(16,17)5-10(9)19-3/h9-10H,4-8H2,1-3H3,(H,13,15). The number of rotatable bonds is 4. The molecule has 2 aliphatic heterocycles. The molecule has 2 aliphatic rings. The van der Waals surface area contributed by atoms with Crippen molar-refractivity contribution >= 4 is 15.9 Å². The minimum absolute atomic E-state index is 0.00546. The van der Waals surface area contributed by atoms with Gasteiger partial charge in [0.2, 0.25) is 0 Å². The molecule has 0 radical (unpaired) electrons. The summed E-state index contributed by atoms with van der Waals surface area (Å²) in [7, 11) is -0.0248. The molecule has 8 heteroatoms. The van der Waals surface area contributed by atoms with Crippen LogP contribution in [0.1, 0.15) is 6.92 Å². The number of hydrogen-bond acceptors (Lipinski definition) is 5. The second kappa shape index (κ2) is 5.50. The molecule has 0 spiro atoms. The number of urea groups is 1. The number of likely N-dealkylation sites (tertiary alicyclic amines) is 1. The monoisotopic (exact) mass is 306 g/mol. The van der Waals surface area contributed by atoms with Crippen molar-refractivity contribution in [2.45, 2.75) is 19.1 Å². The summed E-state index contributed by atoms with van der Waals surface area (Å²) in [6.07, 6.45) is -0.462. The van der Waals surface area contributed by atoms with Gasteiger partial charge in [0.1, 0.15) is 0 Å². The van der Waals surface area contributed by atoms with E-state index in [1.54, 1.807) is 12.0 Å². The van der Waals surface area contributed by atoms with E-state index in [0.29, 0.717) is 19.7 Å². The molecule has 0 saturated carbocycles. The van der Waals surface area contributed by atoms with Crippen LogP contribution in [0.5, 0.6) is 0 Å². The average Bonchev–Trinajstić information content (AvgIpc) is 2.60. The van der Waals surface area contributed by atoms with Gasteiger partial charge in [-0.2, -0.15) is 0 Å². The third-order valence-electron chi connectivity index (χ3n) is 3.84. The quantitative estimate of drug-likeness (QED) is 0.755. The van der Waals surface area contributed by atoms with Crippen molar-refractivity contribution in [1.82, 2.24) is 10.2 Å². The van der Waals surface area contributed by atoms with Gasteiger partial charge >= 0.3 is 6.03 Å². The van der Waals surface area contributed by atoms with Crippen molar-refractivity contribution in [2.75, 3.05) is 45.4 Å². The van der Waals surface area contributed by atoms with Crippen LogP contribution < -0.4 is 5.32 Å². The molecule has 2 atom stereocenters. The summed E-state index contributed by atoms with van der Waals surface area (Å²) in [6.45, 7) is 3.89. The summed E-state index contributed by atoms with van der Waals surface area (Å²) >= 11 is 0. The minimum atomic E-state index is -3.13. The molecule has 2 saturated heterocycles. The molecule has 1 N–H and O–H groups in total. The Hall–Kier alpha value is -0.860. The van der Waals surface area contributed by atoms with Crippen LogP contribution >= 0.6 is 0 Å². The molecule has 2 rings (SSSR count). The normalized spacial score (nSPS) is 30.9. The maximum absolute atomic E-state index is 12.1. The smallest absolute Gasteiger partial charge is 0.317 e. The van der Waals surface area contributed by atoms with Crippen LogP contribution in [0.25, 0.3) is 0 Å². The topological polar surface area (TPSA) is 84.9 Å². The van der Waals surface area contributed by atoms with Crippen molar-refractivity contribution in [3.63, 3.8) is 0 Å². The van der Waals surface area contributed by atoms with Gasteiger partial charge in [0, 0.05) is 32.7 Å². The lowest BCUT2D eigenvalue weighted by molar-refractivity contribution is -0.0187. The molecule has 116 valence electrons. The van der Waals surface area contributed by atoms with Crippen molar-refractivity contribution in [2.24, 2.45) is 5.41 Å². The highest BCUT2D eigenvalue weighted by Gasteiger charge is 2.44. The Balaban J connectivity index is 1.87. The highest BCUT2D eigenvalue weighted by Crippen LogP contribution is 2.30. The number of carbonyl (C=O) groups is 1. The fourth-order valence-corrected chi connectivity index (χ4v) is 4.74. The fraction of sp³-hybridized carbons (Fsp3) is 0.917. The third-order valence-corrected chi connectivity index (χ3v) is 5.54. The van der Waals surface area contributed by atoms with Gasteiger partial charge in [-0.25, -0.2) is 13.2 Å². The van der Waals surface area contributed by atoms with E-state index in [0.717, 1.165) is 0 Å². The maximum atomic E-state index is 12.1. The van der Waals surface area contributed by atoms with Gasteiger partial charge in [0.15, 0.2) is 9.84 Å². The lowest BCUT2D eigenvalue weighted by Gasteiger charge is -2.47. The second-order valence-corrected chi connectivity index (χ2v) is 8.16. The van der Waals surface area contributed by atoms with Crippen LogP contribution in [0, 0.1) is 5.41 Å². The van der Waals surface area contributed by atoms with E-state index in [9.17, 15) is 13.2 Å². The Morgan fingerprint density at radius 1 is 1.35 bits per heavy atom. The zero-order valence-corrected chi connectivity index (χ0v) is 12.9. The highest BCUT2D eigenvalue weighted by molar-refractivity contribution is 7.91. The van der Waals surface area contributed by atoms with E-state index in [-0.39, 0.29) is 23.0 Å². The fourth-order valence-electron chi connectivity index (χ4n) is 2.89. The number of nitrogens with one attached hydrogen (secondary N) is 1. The van der Waals surface area contributed by atoms with Crippen molar-refractivity contribution in [3.8, 4) is 0 Å². The number of carbonyl (C=O) groups excluding carboxylic acids is 1. The lowest BCUT2D eigenvalue weighted by atomic mass is 9.83. The first-order chi connectivity index (χ1) is 9.28. The van der Waals surface area contributed by atoms with Crippen molar-refractivity contribution in [1.29, 1.82) is 0 Å². The van der Waals surface area contributed by atoms with Crippen LogP contribution in [0.3, 0.4) is 0 Å². The number of hydrogen-bond donors (Lipinski definition) is 1. The van der Waals surface area contributed by atoms with Gasteiger partial charge in [-0.1, -0.05) is 6.92 Å². The zero-order valence-electron chi connectivity index (χ0n) is 12.1. The van der Waals surface area contributed by atoms with Gasteiger partial charge in [-0.15, -0.1) is 0 Å². The first-order valence-electron chi connectivity index (χ1n) is 6.56. The van der Waals surface area contributed by atoms with Crippen LogP contribution in [-0.2, 0) is 19.3 Å². The zero-order chi connectivity index (χ0) is 15.0. The van der Waals surface area contributed by atoms with Gasteiger partial charge in [-0.3, -0.25) is 0 Å². The molecule has 0 aliphatic carbocycles. The van der Waals surface area contributed by atoms with Gasteiger partial charge < -0.3 is 19.7 Å². The number of ether oxygens (including phenoxy) is 2. The Morgan fingerprint density at radius 3 is 2.55 bits per heavy atom. The molecule has 2 amide bonds. The molecule has 2 fully saturated rings. The molecule has 0 aromatic heterocycles. The van der Waals surface area contributed by atoms with E-state index in [2.05, 4.69) is 12.2 Å². The molecular weight excluding hydrogens is 284 g/mol. The van der Waals surface area contributed by atoms with E-state index in [1.165, 1.54) is 7.11 Å². The van der Waals surface area contributed by atoms with Crippen LogP contribution in [0.4, 0.5) is 4.79 Å². The SMILES string of the molecule is COCC1(C)CN(C(=O)NC2CS(=O)(=O)CC2OC)C1. The van der Waals surface area contributed by atoms with E-state index >= 15 is 0 Å². The average molecular weight is 306 g/mol. The Morgan fingerprint density at radius 2 is 2.00 bits per heavy atom. The Kier molecular flexibility index (Phi) is 4.27. The van der Waals surface area contributed by atoms with E-state index < -0.39 is 22.0 Å². The Bertz CT molecular complexity index is 472. The first kappa shape index (κ1) is 15.5. The van der Waals surface area contributed by atoms with Crippen molar-refractivity contribution in [3.05, 3.63) is 0 Å². The molecular formula is C12H22N2O5S. The van der Waals surface area contributed by atoms with Crippen LogP contribution in [0.15, 0.2) is 0 Å². The summed E-state index contributed by atoms with van der Waals surface area (Å²) in [4.78, 5) is 13.7. The lowest BCUT2D eigenvalue weighted by Crippen LogP contribution is -2.63. The largest absolute Gasteiger partial charge is 0.384 e. The molecule has 20 heavy (non-hydrogen) atoms. The number of nitrogens with zero attached hydrogens (tertiary/aromatic N) is 1. The van der Waals surface area contributed by atoms with E-state index in [4.69, 9.17) is 9.47 Å². The molecule has 2 heterocycles. The van der Waals surface area contributed by atoms with Gasteiger partial charge in [0.25, 0.3) is 0 Å². The predicted octanol–water partition coefficient (Wildman–Crippen LogP) is -0.524. The van der Waals surface area contributed by atoms with Gasteiger partial charge in [-0.05, 0) is 0 Å². The molecule has 0 aromatic rings. The van der Waals surface area contributed by atoms with Crippen LogP contribution in [0.2, 0.25) is 0 Å². The number of sulfone groups is 1. The van der Waals surface area contributed by atoms with E-state index in [1.807, 2.05) is 0 Å². The Labute approximate surface area is 119 Å². The minimum Gasteiger partial charge on any atom is -0.384 e. The first-order valence-corrected chi connectivity index (χ1v) is 8.38. The molecule has 2 unspecified atom stereocenters. The summed E-state index contributed by atoms with van der Waals surface area (Å²) in [5, 5.41) is 2.76. The van der Waals surface area contributed by atoms with Crippen molar-refractivity contribution < 1.29 is 22.7 Å². The van der Waals surface area contributed by atoms with Crippen LogP contribution in [-0.4, -0.2) is 76.9 Å². The third kappa shape index (κ3) is 3.24.